The van der Waals surface area contributed by atoms with Crippen LogP contribution in [0.2, 0.25) is 0 Å². The predicted octanol–water partition coefficient (Wildman–Crippen LogP) is 4.80. The van der Waals surface area contributed by atoms with Gasteiger partial charge in [-0.25, -0.2) is 4.79 Å². The number of aliphatic hydroxyl groups is 2. The van der Waals surface area contributed by atoms with Crippen molar-refractivity contribution in [1.82, 2.24) is 9.80 Å². The third kappa shape index (κ3) is 6.43. The van der Waals surface area contributed by atoms with Gasteiger partial charge in [0.15, 0.2) is 11.5 Å². The van der Waals surface area contributed by atoms with Gasteiger partial charge in [0.2, 0.25) is 0 Å². The van der Waals surface area contributed by atoms with E-state index in [1.54, 1.807) is 7.11 Å². The minimum absolute atomic E-state index is 0.0897. The lowest BCUT2D eigenvalue weighted by Gasteiger charge is -2.36. The van der Waals surface area contributed by atoms with Gasteiger partial charge in [-0.1, -0.05) is 48.9 Å². The summed E-state index contributed by atoms with van der Waals surface area (Å²) in [5.74, 6) is 0.0689. The highest BCUT2D eigenvalue weighted by Gasteiger charge is 2.52. The summed E-state index contributed by atoms with van der Waals surface area (Å²) in [5, 5.41) is 27.4. The van der Waals surface area contributed by atoms with E-state index in [4.69, 9.17) is 24.5 Å². The van der Waals surface area contributed by atoms with Crippen LogP contribution in [0.4, 0.5) is 0 Å². The Balaban J connectivity index is 0.000000511. The molecule has 1 aliphatic carbocycles. The number of nitrogens with zero attached hydrogens (tertiary/aromatic N) is 2. The molecule has 0 fully saturated rings. The number of imide groups is 1. The largest absolute Gasteiger partial charge is 0.515 e. The van der Waals surface area contributed by atoms with Crippen molar-refractivity contribution >= 4 is 35.3 Å². The Hall–Kier alpha value is -5.00. The van der Waals surface area contributed by atoms with Gasteiger partial charge in [0.25, 0.3) is 11.8 Å². The number of carbonyl (C=O) groups is 4. The number of carboxylic acids is 1. The minimum Gasteiger partial charge on any atom is -0.515 e. The smallest absolute Gasteiger partial charge is 0.331 e. The molecule has 3 N–H and O–H groups in total. The fraction of sp³-hybridized carbons (Fsp3) is 0.351. The molecule has 2 amide bonds. The lowest BCUT2D eigenvalue weighted by molar-refractivity contribution is -0.131. The Morgan fingerprint density at radius 1 is 1.04 bits per heavy atom. The number of benzene rings is 3. The summed E-state index contributed by atoms with van der Waals surface area (Å²) in [5.41, 5.74) is 3.48. The second kappa shape index (κ2) is 14.8. The lowest BCUT2D eigenvalue weighted by atomic mass is 9.69. The normalized spacial score (nSPS) is 22.1. The van der Waals surface area contributed by atoms with E-state index in [9.17, 15) is 19.5 Å². The molecule has 0 saturated heterocycles. The second-order valence-corrected chi connectivity index (χ2v) is 12.2. The van der Waals surface area contributed by atoms with Crippen LogP contribution in [0.25, 0.3) is 10.8 Å². The van der Waals surface area contributed by atoms with E-state index in [1.165, 1.54) is 16.0 Å². The van der Waals surface area contributed by atoms with Gasteiger partial charge in [0, 0.05) is 41.6 Å². The zero-order valence-corrected chi connectivity index (χ0v) is 26.8. The van der Waals surface area contributed by atoms with Gasteiger partial charge in [-0.15, -0.1) is 0 Å². The molecule has 3 heterocycles. The summed E-state index contributed by atoms with van der Waals surface area (Å²) in [6.45, 7) is 5.15. The third-order valence-electron chi connectivity index (χ3n) is 9.46. The van der Waals surface area contributed by atoms with Crippen molar-refractivity contribution in [2.24, 2.45) is 0 Å². The Labute approximate surface area is 278 Å². The monoisotopic (exact) mass is 656 g/mol. The summed E-state index contributed by atoms with van der Waals surface area (Å²) >= 11 is 0. The third-order valence-corrected chi connectivity index (χ3v) is 9.46. The molecule has 11 heteroatoms. The van der Waals surface area contributed by atoms with Crippen molar-refractivity contribution in [2.75, 3.05) is 26.7 Å². The van der Waals surface area contributed by atoms with Crippen LogP contribution in [0.5, 0.6) is 11.5 Å². The molecule has 1 spiro atoms. The van der Waals surface area contributed by atoms with Gasteiger partial charge in [0.05, 0.1) is 31.0 Å². The number of rotatable bonds is 8. The maximum absolute atomic E-state index is 13.2. The molecule has 252 valence electrons. The summed E-state index contributed by atoms with van der Waals surface area (Å²) in [6, 6.07) is 15.5. The van der Waals surface area contributed by atoms with E-state index in [-0.39, 0.29) is 23.3 Å². The van der Waals surface area contributed by atoms with Crippen molar-refractivity contribution in [3.63, 3.8) is 0 Å². The molecule has 3 aliphatic heterocycles. The number of carboxylic acid groups (broad SMARTS) is 1. The molecular weight excluding hydrogens is 616 g/mol. The number of amides is 2. The molecule has 0 aromatic heterocycles. The van der Waals surface area contributed by atoms with Crippen LogP contribution in [-0.4, -0.2) is 88.6 Å². The minimum atomic E-state index is -1.14. The van der Waals surface area contributed by atoms with Gasteiger partial charge in [-0.05, 0) is 61.5 Å². The summed E-state index contributed by atoms with van der Waals surface area (Å²) < 4.78 is 12.1. The van der Waals surface area contributed by atoms with E-state index in [0.717, 1.165) is 67.6 Å². The lowest BCUT2D eigenvalue weighted by Crippen LogP contribution is -2.43. The van der Waals surface area contributed by atoms with E-state index >= 15 is 0 Å². The molecule has 7 rings (SSSR count). The molecule has 11 nitrogen and oxygen atoms in total. The van der Waals surface area contributed by atoms with E-state index in [1.807, 2.05) is 55.3 Å². The summed E-state index contributed by atoms with van der Waals surface area (Å²) in [7, 11) is 1.67. The SMILES string of the molecule is C=O.COc1ccc2c3c1O[C@H]1C[C@@H](O)C=C[C@@]31CCN(CCCCCN1C(=O)c3cccc4cccc(c34)C1=O)C2.O=C(O)/C=C/O. The molecule has 0 bridgehead atoms. The Bertz CT molecular complexity index is 1700. The average molecular weight is 657 g/mol. The molecule has 3 atom stereocenters. The fourth-order valence-corrected chi connectivity index (χ4v) is 7.31. The van der Waals surface area contributed by atoms with Gasteiger partial charge in [-0.3, -0.25) is 19.4 Å². The molecule has 3 aromatic rings. The Morgan fingerprint density at radius 3 is 2.35 bits per heavy atom. The van der Waals surface area contributed by atoms with Crippen LogP contribution >= 0.6 is 0 Å². The van der Waals surface area contributed by atoms with Crippen molar-refractivity contribution < 1.29 is 44.0 Å². The van der Waals surface area contributed by atoms with Gasteiger partial charge < -0.3 is 29.6 Å². The van der Waals surface area contributed by atoms with E-state index in [0.29, 0.717) is 36.4 Å². The quantitative estimate of drug-likeness (QED) is 0.101. The first kappa shape index (κ1) is 34.3. The number of methoxy groups -OCH3 is 1. The molecule has 4 aliphatic rings. The highest BCUT2D eigenvalue weighted by atomic mass is 16.5. The van der Waals surface area contributed by atoms with Gasteiger partial charge in [-0.2, -0.15) is 0 Å². The number of hydrogen-bond donors (Lipinski definition) is 3. The predicted molar refractivity (Wildman–Crippen MR) is 178 cm³/mol. The van der Waals surface area contributed by atoms with Crippen molar-refractivity contribution in [2.45, 2.75) is 56.3 Å². The number of unbranched alkanes of at least 4 members (excludes halogenated alkanes) is 2. The zero-order valence-electron chi connectivity index (χ0n) is 26.8. The maximum atomic E-state index is 13.2. The van der Waals surface area contributed by atoms with Crippen LogP contribution in [-0.2, 0) is 21.5 Å². The summed E-state index contributed by atoms with van der Waals surface area (Å²) in [4.78, 5) is 47.6. The molecule has 0 unspecified atom stereocenters. The number of hydrogen-bond acceptors (Lipinski definition) is 9. The van der Waals surface area contributed by atoms with Gasteiger partial charge >= 0.3 is 5.97 Å². The van der Waals surface area contributed by atoms with Crippen molar-refractivity contribution in [3.05, 3.63) is 95.3 Å². The number of aliphatic carboxylic acids is 1. The molecule has 48 heavy (non-hydrogen) atoms. The van der Waals surface area contributed by atoms with Crippen molar-refractivity contribution in [3.8, 4) is 11.5 Å². The average Bonchev–Trinajstić information content (AvgIpc) is 3.33. The van der Waals surface area contributed by atoms with Crippen molar-refractivity contribution in [1.29, 1.82) is 0 Å². The highest BCUT2D eigenvalue weighted by Crippen LogP contribution is 2.55. The first-order valence-corrected chi connectivity index (χ1v) is 15.9. The van der Waals surface area contributed by atoms with Crippen LogP contribution in [0, 0.1) is 0 Å². The second-order valence-electron chi connectivity index (χ2n) is 12.2. The Kier molecular flexibility index (Phi) is 10.6. The molecule has 3 aromatic carbocycles. The first-order valence-electron chi connectivity index (χ1n) is 15.9. The van der Waals surface area contributed by atoms with Crippen LogP contribution < -0.4 is 9.47 Å². The fourth-order valence-electron chi connectivity index (χ4n) is 7.31. The van der Waals surface area contributed by atoms with E-state index < -0.39 is 12.1 Å². The summed E-state index contributed by atoms with van der Waals surface area (Å²) in [6.07, 6.45) is 8.85. The highest BCUT2D eigenvalue weighted by molar-refractivity contribution is 6.25. The Morgan fingerprint density at radius 2 is 1.73 bits per heavy atom. The topological polar surface area (TPSA) is 154 Å². The molecule has 0 radical (unpaired) electrons. The molecule has 0 saturated carbocycles. The number of aliphatic hydroxyl groups excluding tert-OH is 2. The zero-order chi connectivity index (χ0) is 34.4. The van der Waals surface area contributed by atoms with E-state index in [2.05, 4.69) is 17.0 Å². The maximum Gasteiger partial charge on any atom is 0.331 e. The van der Waals surface area contributed by atoms with Crippen LogP contribution in [0.15, 0.2) is 73.0 Å². The standard InChI is InChI=1S/C33H34N2O5.C3H4O3.CH2O/c1-39-26-12-11-22-20-34(18-15-33-14-13-23(36)19-27(33)40-30(26)29(22)33)16-3-2-4-17-35-31(37)24-9-5-7-21-8-6-10-25(28(21)24)32(35)38;4-2-1-3(5)6;1-2/h5-14,23,27,36H,2-4,15-20H2,1H3;1-2,4H,(H,5,6);1H2/b;2-1+;/t23-,27-,33-;;/m0../s1. The number of ether oxygens (including phenoxy) is 2. The van der Waals surface area contributed by atoms with Gasteiger partial charge in [0.1, 0.15) is 12.9 Å². The first-order chi connectivity index (χ1) is 23.3. The molecular formula is C37H40N2O9. The van der Waals surface area contributed by atoms with Crippen LogP contribution in [0.3, 0.4) is 0 Å². The number of carbonyl (C=O) groups excluding carboxylic acids is 3. The van der Waals surface area contributed by atoms with Crippen LogP contribution in [0.1, 0.15) is 63.9 Å².